The second-order valence-electron chi connectivity index (χ2n) is 3.90. The molecule has 0 bridgehead atoms. The van der Waals surface area contributed by atoms with Crippen LogP contribution in [0.2, 0.25) is 0 Å². The van der Waals surface area contributed by atoms with Gasteiger partial charge in [0.1, 0.15) is 19.4 Å². The standard InChI is InChI=1S/C13H10BBrFNO/c14-12-6-9(15)5-8(13(12)18)7-17-11-3-1-10(16)2-4-11/h1-7,18H,14H2/b17-7+. The second kappa shape index (κ2) is 5.35. The Labute approximate surface area is 114 Å². The Balaban J connectivity index is 2.31. The molecule has 0 fully saturated rings. The molecule has 0 saturated carbocycles. The number of hydrogen-bond acceptors (Lipinski definition) is 2. The molecule has 0 heterocycles. The molecule has 2 aromatic rings. The summed E-state index contributed by atoms with van der Waals surface area (Å²) in [5.74, 6) is -0.0980. The minimum absolute atomic E-state index is 0.198. The summed E-state index contributed by atoms with van der Waals surface area (Å²) in [6.45, 7) is 0. The van der Waals surface area contributed by atoms with Gasteiger partial charge in [-0.1, -0.05) is 22.0 Å². The van der Waals surface area contributed by atoms with Crippen LogP contribution in [-0.2, 0) is 0 Å². The lowest BCUT2D eigenvalue weighted by Gasteiger charge is -2.04. The molecule has 0 aliphatic rings. The maximum Gasteiger partial charge on any atom is 0.144 e. The quantitative estimate of drug-likeness (QED) is 0.670. The number of aliphatic imine (C=N–C) groups is 1. The maximum absolute atomic E-state index is 12.7. The van der Waals surface area contributed by atoms with E-state index in [2.05, 4.69) is 20.9 Å². The number of halogens is 2. The van der Waals surface area contributed by atoms with Crippen LogP contribution >= 0.6 is 15.9 Å². The lowest BCUT2D eigenvalue weighted by molar-refractivity contribution is 0.478. The Morgan fingerprint density at radius 1 is 1.22 bits per heavy atom. The van der Waals surface area contributed by atoms with Crippen LogP contribution in [0.1, 0.15) is 5.56 Å². The van der Waals surface area contributed by atoms with Crippen molar-refractivity contribution in [3.8, 4) is 5.75 Å². The van der Waals surface area contributed by atoms with Gasteiger partial charge in [-0.25, -0.2) is 4.39 Å². The average Bonchev–Trinajstić information content (AvgIpc) is 2.34. The van der Waals surface area contributed by atoms with E-state index in [1.54, 1.807) is 24.4 Å². The molecule has 0 aliphatic heterocycles. The van der Waals surface area contributed by atoms with E-state index in [0.717, 1.165) is 9.94 Å². The van der Waals surface area contributed by atoms with E-state index in [1.807, 2.05) is 13.9 Å². The Hall–Kier alpha value is -1.62. The molecule has 18 heavy (non-hydrogen) atoms. The van der Waals surface area contributed by atoms with Crippen molar-refractivity contribution in [1.82, 2.24) is 0 Å². The van der Waals surface area contributed by atoms with E-state index in [9.17, 15) is 9.50 Å². The van der Waals surface area contributed by atoms with E-state index >= 15 is 0 Å². The molecular weight excluding hydrogens is 296 g/mol. The van der Waals surface area contributed by atoms with Crippen LogP contribution in [0.4, 0.5) is 10.1 Å². The first-order chi connectivity index (χ1) is 8.56. The van der Waals surface area contributed by atoms with Gasteiger partial charge in [0.25, 0.3) is 0 Å². The fourth-order valence-corrected chi connectivity index (χ4v) is 2.12. The van der Waals surface area contributed by atoms with Crippen molar-refractivity contribution in [3.63, 3.8) is 0 Å². The molecule has 0 aliphatic carbocycles. The molecule has 0 saturated heterocycles. The maximum atomic E-state index is 12.7. The van der Waals surface area contributed by atoms with Gasteiger partial charge in [0.2, 0.25) is 0 Å². The predicted molar refractivity (Wildman–Crippen MR) is 77.6 cm³/mol. The lowest BCUT2D eigenvalue weighted by atomic mass is 9.93. The highest BCUT2D eigenvalue weighted by Gasteiger charge is 2.03. The van der Waals surface area contributed by atoms with Gasteiger partial charge < -0.3 is 5.11 Å². The van der Waals surface area contributed by atoms with Gasteiger partial charge >= 0.3 is 0 Å². The van der Waals surface area contributed by atoms with Gasteiger partial charge in [-0.2, -0.15) is 0 Å². The predicted octanol–water partition coefficient (Wildman–Crippen LogP) is 2.30. The summed E-state index contributed by atoms with van der Waals surface area (Å²) in [6.07, 6.45) is 1.56. The molecule has 1 N–H and O–H groups in total. The van der Waals surface area contributed by atoms with E-state index in [4.69, 9.17) is 0 Å². The van der Waals surface area contributed by atoms with Crippen LogP contribution < -0.4 is 5.46 Å². The summed E-state index contributed by atoms with van der Waals surface area (Å²) in [5.41, 5.74) is 2.02. The molecule has 0 unspecified atom stereocenters. The zero-order chi connectivity index (χ0) is 13.1. The summed E-state index contributed by atoms with van der Waals surface area (Å²) < 4.78 is 13.6. The molecule has 90 valence electrons. The van der Waals surface area contributed by atoms with Gasteiger partial charge in [-0.3, -0.25) is 4.99 Å². The Kier molecular flexibility index (Phi) is 3.82. The molecule has 0 spiro atoms. The molecule has 0 atom stereocenters. The van der Waals surface area contributed by atoms with Crippen molar-refractivity contribution in [3.05, 3.63) is 52.3 Å². The minimum Gasteiger partial charge on any atom is -0.508 e. The highest BCUT2D eigenvalue weighted by molar-refractivity contribution is 9.10. The Morgan fingerprint density at radius 2 is 1.89 bits per heavy atom. The van der Waals surface area contributed by atoms with Crippen molar-refractivity contribution in [2.24, 2.45) is 4.99 Å². The number of aromatic hydroxyl groups is 1. The van der Waals surface area contributed by atoms with Crippen molar-refractivity contribution in [2.75, 3.05) is 0 Å². The monoisotopic (exact) mass is 305 g/mol. The molecule has 2 aromatic carbocycles. The van der Waals surface area contributed by atoms with Crippen LogP contribution in [0.25, 0.3) is 0 Å². The first kappa shape index (κ1) is 12.8. The summed E-state index contributed by atoms with van der Waals surface area (Å²) in [4.78, 5) is 4.19. The third-order valence-electron chi connectivity index (χ3n) is 2.47. The zero-order valence-corrected chi connectivity index (χ0v) is 11.3. The van der Waals surface area contributed by atoms with Crippen molar-refractivity contribution in [2.45, 2.75) is 0 Å². The van der Waals surface area contributed by atoms with Gasteiger partial charge in [0, 0.05) is 16.3 Å². The smallest absolute Gasteiger partial charge is 0.144 e. The summed E-state index contributed by atoms with van der Waals surface area (Å²) in [7, 11) is 1.81. The Morgan fingerprint density at radius 3 is 2.56 bits per heavy atom. The summed E-state index contributed by atoms with van der Waals surface area (Å²) in [6, 6.07) is 9.44. The Bertz CT molecular complexity index is 599. The second-order valence-corrected chi connectivity index (χ2v) is 4.81. The van der Waals surface area contributed by atoms with E-state index in [1.165, 1.54) is 12.1 Å². The highest BCUT2D eigenvalue weighted by atomic mass is 79.9. The number of benzene rings is 2. The molecular formula is C13H10BBrFNO. The van der Waals surface area contributed by atoms with Gasteiger partial charge in [-0.05, 0) is 35.8 Å². The molecule has 0 radical (unpaired) electrons. The molecule has 0 amide bonds. The van der Waals surface area contributed by atoms with Crippen molar-refractivity contribution in [1.29, 1.82) is 0 Å². The number of nitrogens with zero attached hydrogens (tertiary/aromatic N) is 1. The molecule has 2 rings (SSSR count). The van der Waals surface area contributed by atoms with E-state index in [-0.39, 0.29) is 11.6 Å². The number of hydrogen-bond donors (Lipinski definition) is 1. The van der Waals surface area contributed by atoms with Crippen molar-refractivity contribution >= 4 is 41.1 Å². The highest BCUT2D eigenvalue weighted by Crippen LogP contribution is 2.19. The summed E-state index contributed by atoms with van der Waals surface area (Å²) in [5, 5.41) is 9.87. The van der Waals surface area contributed by atoms with E-state index < -0.39 is 0 Å². The first-order valence-corrected chi connectivity index (χ1v) is 6.14. The third-order valence-corrected chi connectivity index (χ3v) is 2.93. The van der Waals surface area contributed by atoms with Crippen LogP contribution in [0.3, 0.4) is 0 Å². The van der Waals surface area contributed by atoms with Crippen LogP contribution in [-0.4, -0.2) is 19.2 Å². The average molecular weight is 306 g/mol. The fourth-order valence-electron chi connectivity index (χ4n) is 1.53. The van der Waals surface area contributed by atoms with E-state index in [0.29, 0.717) is 11.3 Å². The number of phenolic OH excluding ortho intramolecular Hbond substituents is 1. The van der Waals surface area contributed by atoms with Crippen LogP contribution in [0.5, 0.6) is 5.75 Å². The fraction of sp³-hybridized carbons (Fsp3) is 0. The third kappa shape index (κ3) is 2.98. The van der Waals surface area contributed by atoms with Crippen LogP contribution in [0, 0.1) is 5.82 Å². The lowest BCUT2D eigenvalue weighted by Crippen LogP contribution is -2.05. The van der Waals surface area contributed by atoms with Crippen LogP contribution in [0.15, 0.2) is 45.9 Å². The molecule has 2 nitrogen and oxygen atoms in total. The molecule has 0 aromatic heterocycles. The van der Waals surface area contributed by atoms with Gasteiger partial charge in [0.05, 0.1) is 5.69 Å². The summed E-state index contributed by atoms with van der Waals surface area (Å²) >= 11 is 3.36. The first-order valence-electron chi connectivity index (χ1n) is 5.35. The van der Waals surface area contributed by atoms with Gasteiger partial charge in [0.15, 0.2) is 0 Å². The largest absolute Gasteiger partial charge is 0.508 e. The number of rotatable bonds is 2. The zero-order valence-electron chi connectivity index (χ0n) is 9.69. The SMILES string of the molecule is Bc1cc(Br)cc(/C=N/c2ccc(F)cc2)c1O. The topological polar surface area (TPSA) is 32.6 Å². The normalized spacial score (nSPS) is 11.0. The minimum atomic E-state index is -0.296. The number of phenols is 1. The van der Waals surface area contributed by atoms with Gasteiger partial charge in [-0.15, -0.1) is 0 Å². The molecule has 5 heteroatoms. The van der Waals surface area contributed by atoms with Crippen molar-refractivity contribution < 1.29 is 9.50 Å².